The van der Waals surface area contributed by atoms with Crippen LogP contribution >= 0.6 is 23.1 Å². The van der Waals surface area contributed by atoms with E-state index >= 15 is 0 Å². The van der Waals surface area contributed by atoms with Crippen molar-refractivity contribution in [3.8, 4) is 0 Å². The van der Waals surface area contributed by atoms with Crippen LogP contribution in [0.1, 0.15) is 5.56 Å². The fourth-order valence-electron chi connectivity index (χ4n) is 2.86. The maximum Gasteiger partial charge on any atom is 0.236 e. The Bertz CT molecular complexity index is 1340. The van der Waals surface area contributed by atoms with Crippen molar-refractivity contribution >= 4 is 60.9 Å². The Labute approximate surface area is 167 Å². The van der Waals surface area contributed by atoms with Gasteiger partial charge in [-0.15, -0.1) is 5.10 Å². The first kappa shape index (κ1) is 17.0. The van der Waals surface area contributed by atoms with Crippen molar-refractivity contribution in [3.63, 3.8) is 0 Å². The van der Waals surface area contributed by atoms with Gasteiger partial charge in [-0.25, -0.2) is 9.97 Å². The number of nitrogens with zero attached hydrogens (tertiary/aromatic N) is 6. The average molecular weight is 407 g/mol. The summed E-state index contributed by atoms with van der Waals surface area (Å²) in [5.74, 6) is 0.0203. The van der Waals surface area contributed by atoms with Gasteiger partial charge in [0.05, 0.1) is 21.5 Å². The lowest BCUT2D eigenvalue weighted by atomic mass is 10.2. The van der Waals surface area contributed by atoms with Gasteiger partial charge in [0.25, 0.3) is 0 Å². The summed E-state index contributed by atoms with van der Waals surface area (Å²) in [4.78, 5) is 21.5. The Morgan fingerprint density at radius 2 is 2.07 bits per heavy atom. The number of anilines is 1. The van der Waals surface area contributed by atoms with Crippen molar-refractivity contribution in [3.05, 3.63) is 48.0 Å². The van der Waals surface area contributed by atoms with E-state index in [1.54, 1.807) is 4.52 Å². The number of thioether (sulfide) groups is 1. The summed E-state index contributed by atoms with van der Waals surface area (Å²) in [5, 5.41) is 16.7. The van der Waals surface area contributed by atoms with Gasteiger partial charge in [0, 0.05) is 5.39 Å². The number of benzene rings is 2. The molecule has 0 bridgehead atoms. The molecule has 28 heavy (non-hydrogen) atoms. The van der Waals surface area contributed by atoms with Gasteiger partial charge in [-0.2, -0.15) is 4.52 Å². The van der Waals surface area contributed by atoms with Crippen LogP contribution in [-0.2, 0) is 4.79 Å². The van der Waals surface area contributed by atoms with Crippen LogP contribution in [0.4, 0.5) is 5.13 Å². The van der Waals surface area contributed by atoms with Crippen LogP contribution in [0.5, 0.6) is 0 Å². The fourth-order valence-corrected chi connectivity index (χ4v) is 4.58. The molecule has 0 aliphatic carbocycles. The van der Waals surface area contributed by atoms with Gasteiger partial charge in [-0.05, 0) is 47.2 Å². The van der Waals surface area contributed by atoms with E-state index in [0.717, 1.165) is 26.7 Å². The third-order valence-electron chi connectivity index (χ3n) is 4.13. The van der Waals surface area contributed by atoms with Crippen molar-refractivity contribution in [2.24, 2.45) is 0 Å². The molecule has 0 atom stereocenters. The summed E-state index contributed by atoms with van der Waals surface area (Å²) in [6.45, 7) is 2.03. The van der Waals surface area contributed by atoms with E-state index in [0.29, 0.717) is 15.9 Å². The number of aryl methyl sites for hydroxylation is 1. The van der Waals surface area contributed by atoms with Crippen molar-refractivity contribution in [2.45, 2.75) is 12.1 Å². The molecule has 0 saturated carbocycles. The molecule has 0 spiro atoms. The highest BCUT2D eigenvalue weighted by Gasteiger charge is 2.14. The van der Waals surface area contributed by atoms with Crippen LogP contribution in [-0.4, -0.2) is 41.7 Å². The predicted octanol–water partition coefficient (Wildman–Crippen LogP) is 3.32. The normalized spacial score (nSPS) is 11.5. The third kappa shape index (κ3) is 3.06. The zero-order valence-electron chi connectivity index (χ0n) is 14.7. The molecule has 8 nitrogen and oxygen atoms in total. The Balaban J connectivity index is 1.36. The number of tetrazole rings is 1. The monoisotopic (exact) mass is 407 g/mol. The highest BCUT2D eigenvalue weighted by Crippen LogP contribution is 2.27. The molecule has 3 heterocycles. The van der Waals surface area contributed by atoms with Gasteiger partial charge in [0.2, 0.25) is 5.91 Å². The lowest BCUT2D eigenvalue weighted by Crippen LogP contribution is -2.14. The van der Waals surface area contributed by atoms with E-state index in [2.05, 4.69) is 36.9 Å². The highest BCUT2D eigenvalue weighted by molar-refractivity contribution is 7.99. The third-order valence-corrected chi connectivity index (χ3v) is 6.00. The SMILES string of the molecule is Cc1ccc2nc(NC(=O)CSc3nc4ccccc4c4nnnn34)sc2c1. The zero-order valence-corrected chi connectivity index (χ0v) is 16.3. The molecular formula is C18H13N7OS2. The lowest BCUT2D eigenvalue weighted by molar-refractivity contribution is -0.113. The van der Waals surface area contributed by atoms with Crippen LogP contribution in [0, 0.1) is 6.92 Å². The second kappa shape index (κ2) is 6.80. The summed E-state index contributed by atoms with van der Waals surface area (Å²) in [6.07, 6.45) is 0. The highest BCUT2D eigenvalue weighted by atomic mass is 32.2. The molecular weight excluding hydrogens is 394 g/mol. The number of thiazole rings is 1. The molecule has 5 rings (SSSR count). The molecule has 1 N–H and O–H groups in total. The summed E-state index contributed by atoms with van der Waals surface area (Å²) >= 11 is 2.74. The number of hydrogen-bond acceptors (Lipinski definition) is 8. The molecule has 138 valence electrons. The number of carbonyl (C=O) groups excluding carboxylic acids is 1. The minimum Gasteiger partial charge on any atom is -0.301 e. The van der Waals surface area contributed by atoms with E-state index < -0.39 is 0 Å². The Morgan fingerprint density at radius 3 is 3.00 bits per heavy atom. The van der Waals surface area contributed by atoms with Gasteiger partial charge in [0.15, 0.2) is 15.9 Å². The van der Waals surface area contributed by atoms with E-state index in [1.165, 1.54) is 23.1 Å². The van der Waals surface area contributed by atoms with Gasteiger partial charge in [-0.1, -0.05) is 41.3 Å². The molecule has 0 aliphatic heterocycles. The van der Waals surface area contributed by atoms with E-state index in [1.807, 2.05) is 43.3 Å². The number of amides is 1. The molecule has 0 radical (unpaired) electrons. The lowest BCUT2D eigenvalue weighted by Gasteiger charge is -2.05. The number of rotatable bonds is 4. The second-order valence-corrected chi connectivity index (χ2v) is 8.13. The van der Waals surface area contributed by atoms with E-state index in [9.17, 15) is 4.79 Å². The number of aromatic nitrogens is 6. The van der Waals surface area contributed by atoms with Crippen molar-refractivity contribution in [2.75, 3.05) is 11.1 Å². The first-order chi connectivity index (χ1) is 13.7. The Kier molecular flexibility index (Phi) is 4.14. The Hall–Kier alpha value is -3.11. The topological polar surface area (TPSA) is 98.0 Å². The number of nitrogens with one attached hydrogen (secondary N) is 1. The summed E-state index contributed by atoms with van der Waals surface area (Å²) in [5.41, 5.74) is 3.45. The first-order valence-electron chi connectivity index (χ1n) is 8.44. The van der Waals surface area contributed by atoms with Crippen LogP contribution in [0.2, 0.25) is 0 Å². The number of para-hydroxylation sites is 1. The summed E-state index contributed by atoms with van der Waals surface area (Å²) < 4.78 is 2.61. The Morgan fingerprint density at radius 1 is 1.18 bits per heavy atom. The molecule has 2 aromatic carbocycles. The summed E-state index contributed by atoms with van der Waals surface area (Å²) in [7, 11) is 0. The van der Waals surface area contributed by atoms with Gasteiger partial charge in [-0.3, -0.25) is 4.79 Å². The molecule has 0 fully saturated rings. The smallest absolute Gasteiger partial charge is 0.236 e. The first-order valence-corrected chi connectivity index (χ1v) is 10.2. The molecule has 3 aromatic heterocycles. The summed E-state index contributed by atoms with van der Waals surface area (Å²) in [6, 6.07) is 13.7. The average Bonchev–Trinajstić information content (AvgIpc) is 3.32. The van der Waals surface area contributed by atoms with Gasteiger partial charge in [0.1, 0.15) is 0 Å². The van der Waals surface area contributed by atoms with Crippen molar-refractivity contribution in [1.82, 2.24) is 30.0 Å². The molecule has 0 aliphatic rings. The van der Waals surface area contributed by atoms with Crippen LogP contribution in [0.25, 0.3) is 26.8 Å². The molecule has 0 saturated heterocycles. The number of carbonyl (C=O) groups is 1. The molecule has 1 amide bonds. The molecule has 5 aromatic rings. The van der Waals surface area contributed by atoms with E-state index in [-0.39, 0.29) is 11.7 Å². The minimum absolute atomic E-state index is 0.156. The van der Waals surface area contributed by atoms with Gasteiger partial charge < -0.3 is 5.32 Å². The molecule has 0 unspecified atom stereocenters. The maximum atomic E-state index is 12.4. The maximum absolute atomic E-state index is 12.4. The van der Waals surface area contributed by atoms with Crippen LogP contribution in [0.3, 0.4) is 0 Å². The predicted molar refractivity (Wildman–Crippen MR) is 110 cm³/mol. The van der Waals surface area contributed by atoms with Crippen LogP contribution in [0.15, 0.2) is 47.6 Å². The number of fused-ring (bicyclic) bond motifs is 4. The van der Waals surface area contributed by atoms with Crippen LogP contribution < -0.4 is 5.32 Å². The second-order valence-electron chi connectivity index (χ2n) is 6.15. The quantitative estimate of drug-likeness (QED) is 0.360. The number of hydrogen-bond donors (Lipinski definition) is 1. The zero-order chi connectivity index (χ0) is 19.1. The van der Waals surface area contributed by atoms with Crippen molar-refractivity contribution in [1.29, 1.82) is 0 Å². The van der Waals surface area contributed by atoms with Crippen molar-refractivity contribution < 1.29 is 4.79 Å². The van der Waals surface area contributed by atoms with Gasteiger partial charge >= 0.3 is 0 Å². The molecule has 10 heteroatoms. The standard InChI is InChI=1S/C18H13N7OS2/c1-10-6-7-13-14(8-10)28-17(19-13)21-15(26)9-27-18-20-12-5-3-2-4-11(12)16-22-23-24-25(16)18/h2-8H,9H2,1H3,(H,19,21,26). The minimum atomic E-state index is -0.156. The fraction of sp³-hybridized carbons (Fsp3) is 0.111. The van der Waals surface area contributed by atoms with E-state index in [4.69, 9.17) is 0 Å². The largest absolute Gasteiger partial charge is 0.301 e.